The van der Waals surface area contributed by atoms with E-state index in [1.165, 1.54) is 28.8 Å². The van der Waals surface area contributed by atoms with Crippen LogP contribution in [0.3, 0.4) is 0 Å². The summed E-state index contributed by atoms with van der Waals surface area (Å²) in [7, 11) is 0. The highest BCUT2D eigenvalue weighted by Crippen LogP contribution is 2.36. The number of carbonyl (C=O) groups is 1. The molecule has 29 heavy (non-hydrogen) atoms. The number of amides is 1. The van der Waals surface area contributed by atoms with Gasteiger partial charge in [-0.15, -0.1) is 11.3 Å². The molecule has 2 aromatic heterocycles. The molecule has 0 fully saturated rings. The monoisotopic (exact) mass is 431 g/mol. The predicted octanol–water partition coefficient (Wildman–Crippen LogP) is 4.47. The van der Waals surface area contributed by atoms with E-state index in [-0.39, 0.29) is 22.9 Å². The second-order valence-corrected chi connectivity index (χ2v) is 9.32. The van der Waals surface area contributed by atoms with Gasteiger partial charge in [0.05, 0.1) is 16.8 Å². The van der Waals surface area contributed by atoms with Gasteiger partial charge >= 0.3 is 0 Å². The molecule has 8 heteroatoms. The fourth-order valence-corrected chi connectivity index (χ4v) is 5.96. The highest BCUT2D eigenvalue weighted by Gasteiger charge is 2.24. The highest BCUT2D eigenvalue weighted by molar-refractivity contribution is 7.99. The van der Waals surface area contributed by atoms with Crippen LogP contribution in [0.4, 0.5) is 10.1 Å². The molecule has 1 aromatic carbocycles. The maximum Gasteiger partial charge on any atom is 0.263 e. The van der Waals surface area contributed by atoms with Crippen molar-refractivity contribution in [2.75, 3.05) is 11.1 Å². The minimum atomic E-state index is -0.478. The number of halogens is 1. The van der Waals surface area contributed by atoms with Gasteiger partial charge < -0.3 is 5.32 Å². The van der Waals surface area contributed by atoms with E-state index in [1.807, 2.05) is 6.92 Å². The van der Waals surface area contributed by atoms with Crippen LogP contribution in [0.15, 0.2) is 34.2 Å². The Morgan fingerprint density at radius 1 is 1.41 bits per heavy atom. The lowest BCUT2D eigenvalue weighted by atomic mass is 9.89. The number of fused-ring (bicyclic) bond motifs is 3. The van der Waals surface area contributed by atoms with Gasteiger partial charge in [-0.25, -0.2) is 9.37 Å². The first-order valence-electron chi connectivity index (χ1n) is 9.70. The molecule has 1 aliphatic rings. The number of hydrogen-bond acceptors (Lipinski definition) is 5. The Kier molecular flexibility index (Phi) is 5.74. The summed E-state index contributed by atoms with van der Waals surface area (Å²) in [5.74, 6) is -0.139. The van der Waals surface area contributed by atoms with Gasteiger partial charge in [-0.3, -0.25) is 14.2 Å². The molecule has 5 nitrogen and oxygen atoms in total. The summed E-state index contributed by atoms with van der Waals surface area (Å²) in [5.41, 5.74) is 1.28. The number of thioether (sulfide) groups is 1. The number of nitrogens with one attached hydrogen (secondary N) is 1. The van der Waals surface area contributed by atoms with Crippen molar-refractivity contribution >= 4 is 44.9 Å². The third-order valence-corrected chi connectivity index (χ3v) is 7.30. The summed E-state index contributed by atoms with van der Waals surface area (Å²) in [5, 5.41) is 3.84. The number of aromatic nitrogens is 2. The second-order valence-electron chi connectivity index (χ2n) is 7.29. The summed E-state index contributed by atoms with van der Waals surface area (Å²) < 4.78 is 15.4. The molecule has 152 valence electrons. The zero-order chi connectivity index (χ0) is 20.5. The average molecular weight is 432 g/mol. The van der Waals surface area contributed by atoms with E-state index in [9.17, 15) is 14.0 Å². The SMILES string of the molecule is CCn1c(SCC(=O)Nc2ccccc2F)nc2sc3c(c2c1=O)CCC(C)C3. The summed E-state index contributed by atoms with van der Waals surface area (Å²) >= 11 is 2.81. The number of nitrogens with zero attached hydrogens (tertiary/aromatic N) is 2. The zero-order valence-corrected chi connectivity index (χ0v) is 18.0. The molecule has 0 radical (unpaired) electrons. The Hall–Kier alpha value is -2.19. The second kappa shape index (κ2) is 8.28. The summed E-state index contributed by atoms with van der Waals surface area (Å²) in [6, 6.07) is 6.05. The number of hydrogen-bond donors (Lipinski definition) is 1. The first-order chi connectivity index (χ1) is 14.0. The number of benzene rings is 1. The molecule has 0 saturated carbocycles. The third kappa shape index (κ3) is 3.96. The molecular weight excluding hydrogens is 409 g/mol. The van der Waals surface area contributed by atoms with Gasteiger partial charge in [0.15, 0.2) is 5.16 Å². The fourth-order valence-electron chi connectivity index (χ4n) is 3.67. The summed E-state index contributed by atoms with van der Waals surface area (Å²) in [6.45, 7) is 4.62. The van der Waals surface area contributed by atoms with Crippen LogP contribution in [0.2, 0.25) is 0 Å². The van der Waals surface area contributed by atoms with Gasteiger partial charge in [0, 0.05) is 11.4 Å². The zero-order valence-electron chi connectivity index (χ0n) is 16.3. The van der Waals surface area contributed by atoms with Gasteiger partial charge in [-0.2, -0.15) is 0 Å². The molecule has 1 N–H and O–H groups in total. The van der Waals surface area contributed by atoms with Crippen molar-refractivity contribution in [1.29, 1.82) is 0 Å². The van der Waals surface area contributed by atoms with E-state index >= 15 is 0 Å². The number of thiophene rings is 1. The van der Waals surface area contributed by atoms with Crippen molar-refractivity contribution in [2.45, 2.75) is 44.8 Å². The largest absolute Gasteiger partial charge is 0.323 e. The number of rotatable bonds is 5. The van der Waals surface area contributed by atoms with E-state index in [4.69, 9.17) is 4.98 Å². The van der Waals surface area contributed by atoms with Crippen molar-refractivity contribution < 1.29 is 9.18 Å². The van der Waals surface area contributed by atoms with E-state index in [0.717, 1.165) is 35.0 Å². The van der Waals surface area contributed by atoms with Gasteiger partial charge in [0.2, 0.25) is 5.91 Å². The molecular formula is C21H22FN3O2S2. The number of carbonyl (C=O) groups excluding carboxylic acids is 1. The average Bonchev–Trinajstić information content (AvgIpc) is 3.05. The van der Waals surface area contributed by atoms with Crippen LogP contribution in [0.1, 0.15) is 30.7 Å². The molecule has 0 saturated heterocycles. The van der Waals surface area contributed by atoms with E-state index in [1.54, 1.807) is 28.0 Å². The molecule has 3 aromatic rings. The molecule has 0 spiro atoms. The van der Waals surface area contributed by atoms with Crippen LogP contribution in [0.25, 0.3) is 10.2 Å². The van der Waals surface area contributed by atoms with Gasteiger partial charge in [0.1, 0.15) is 10.6 Å². The normalized spacial score (nSPS) is 16.0. The minimum absolute atomic E-state index is 0.0263. The van der Waals surface area contributed by atoms with E-state index in [2.05, 4.69) is 12.2 Å². The summed E-state index contributed by atoms with van der Waals surface area (Å²) in [6.07, 6.45) is 3.02. The maximum atomic E-state index is 13.7. The van der Waals surface area contributed by atoms with E-state index in [0.29, 0.717) is 17.6 Å². The molecule has 1 amide bonds. The number of anilines is 1. The van der Waals surface area contributed by atoms with Crippen LogP contribution < -0.4 is 10.9 Å². The first kappa shape index (κ1) is 20.1. The molecule has 1 atom stereocenters. The minimum Gasteiger partial charge on any atom is -0.323 e. The first-order valence-corrected chi connectivity index (χ1v) is 11.5. The highest BCUT2D eigenvalue weighted by atomic mass is 32.2. The lowest BCUT2D eigenvalue weighted by Gasteiger charge is -2.17. The van der Waals surface area contributed by atoms with Crippen LogP contribution in [-0.2, 0) is 24.2 Å². The van der Waals surface area contributed by atoms with Crippen LogP contribution in [0, 0.1) is 11.7 Å². The third-order valence-electron chi connectivity index (χ3n) is 5.18. The summed E-state index contributed by atoms with van der Waals surface area (Å²) in [4.78, 5) is 32.2. The van der Waals surface area contributed by atoms with Crippen LogP contribution in [-0.4, -0.2) is 21.2 Å². The van der Waals surface area contributed by atoms with Crippen LogP contribution >= 0.6 is 23.1 Å². The van der Waals surface area contributed by atoms with Crippen molar-refractivity contribution in [3.8, 4) is 0 Å². The van der Waals surface area contributed by atoms with Crippen molar-refractivity contribution in [1.82, 2.24) is 9.55 Å². The molecule has 1 unspecified atom stereocenters. The van der Waals surface area contributed by atoms with Crippen molar-refractivity contribution in [3.05, 3.63) is 50.9 Å². The van der Waals surface area contributed by atoms with Crippen molar-refractivity contribution in [2.24, 2.45) is 5.92 Å². The Bertz CT molecular complexity index is 1140. The van der Waals surface area contributed by atoms with Gasteiger partial charge in [0.25, 0.3) is 5.56 Å². The lowest BCUT2D eigenvalue weighted by Crippen LogP contribution is -2.24. The molecule has 0 bridgehead atoms. The smallest absolute Gasteiger partial charge is 0.263 e. The molecule has 1 aliphatic carbocycles. The number of aryl methyl sites for hydroxylation is 1. The Morgan fingerprint density at radius 3 is 2.97 bits per heavy atom. The Balaban J connectivity index is 1.59. The standard InChI is InChI=1S/C21H22FN3O2S2/c1-3-25-20(27)18-13-9-8-12(2)10-16(13)29-19(18)24-21(25)28-11-17(26)23-15-7-5-4-6-14(15)22/h4-7,12H,3,8-11H2,1-2H3,(H,23,26). The topological polar surface area (TPSA) is 64.0 Å². The van der Waals surface area contributed by atoms with Crippen LogP contribution in [0.5, 0.6) is 0 Å². The molecule has 0 aliphatic heterocycles. The van der Waals surface area contributed by atoms with Gasteiger partial charge in [-0.1, -0.05) is 30.8 Å². The number of para-hydroxylation sites is 1. The predicted molar refractivity (Wildman–Crippen MR) is 116 cm³/mol. The lowest BCUT2D eigenvalue weighted by molar-refractivity contribution is -0.113. The quantitative estimate of drug-likeness (QED) is 0.478. The maximum absolute atomic E-state index is 13.7. The molecule has 2 heterocycles. The Morgan fingerprint density at radius 2 is 2.21 bits per heavy atom. The fraction of sp³-hybridized carbons (Fsp3) is 0.381. The molecule has 4 rings (SSSR count). The van der Waals surface area contributed by atoms with Gasteiger partial charge in [-0.05, 0) is 49.8 Å². The Labute approximate surface area is 176 Å². The van der Waals surface area contributed by atoms with E-state index < -0.39 is 5.82 Å². The van der Waals surface area contributed by atoms with Crippen molar-refractivity contribution in [3.63, 3.8) is 0 Å².